The summed E-state index contributed by atoms with van der Waals surface area (Å²) in [6, 6.07) is 13.8. The Bertz CT molecular complexity index is 606. The van der Waals surface area contributed by atoms with Crippen molar-refractivity contribution in [2.45, 2.75) is 32.3 Å². The molecule has 0 aliphatic rings. The molecule has 0 saturated heterocycles. The molecular formula is C18H22O3. The van der Waals surface area contributed by atoms with Crippen LogP contribution in [0, 0.1) is 5.92 Å². The Morgan fingerprint density at radius 1 is 1.19 bits per heavy atom. The molecule has 0 amide bonds. The predicted octanol–water partition coefficient (Wildman–Crippen LogP) is 3.85. The number of carbonyl (C=O) groups excluding carboxylic acids is 1. The van der Waals surface area contributed by atoms with Crippen molar-refractivity contribution in [2.75, 3.05) is 7.11 Å². The highest BCUT2D eigenvalue weighted by Crippen LogP contribution is 2.29. The lowest BCUT2D eigenvalue weighted by molar-refractivity contribution is -0.150. The first-order valence-electron chi connectivity index (χ1n) is 7.42. The lowest BCUT2D eigenvalue weighted by atomic mass is 9.90. The van der Waals surface area contributed by atoms with Gasteiger partial charge in [0.2, 0.25) is 0 Å². The van der Waals surface area contributed by atoms with Gasteiger partial charge in [-0.3, -0.25) is 4.79 Å². The maximum atomic E-state index is 11.9. The number of hydrogen-bond acceptors (Lipinski definition) is 3. The molecule has 0 bridgehead atoms. The first-order chi connectivity index (χ1) is 10.2. The van der Waals surface area contributed by atoms with Crippen molar-refractivity contribution in [3.63, 3.8) is 0 Å². The molecule has 0 aliphatic carbocycles. The van der Waals surface area contributed by atoms with Gasteiger partial charge in [0.25, 0.3) is 0 Å². The Kier molecular flexibility index (Phi) is 5.34. The van der Waals surface area contributed by atoms with Gasteiger partial charge in [-0.2, -0.15) is 0 Å². The second kappa shape index (κ2) is 7.23. The number of benzene rings is 2. The summed E-state index contributed by atoms with van der Waals surface area (Å²) < 4.78 is 4.84. The highest BCUT2D eigenvalue weighted by atomic mass is 16.5. The Labute approximate surface area is 125 Å². The van der Waals surface area contributed by atoms with Gasteiger partial charge >= 0.3 is 5.97 Å². The molecule has 0 aromatic heterocycles. The maximum Gasteiger partial charge on any atom is 0.311 e. The van der Waals surface area contributed by atoms with Crippen molar-refractivity contribution >= 4 is 16.7 Å². The summed E-state index contributed by atoms with van der Waals surface area (Å²) in [5, 5.41) is 12.8. The first-order valence-corrected chi connectivity index (χ1v) is 7.42. The molecule has 2 unspecified atom stereocenters. The van der Waals surface area contributed by atoms with Crippen molar-refractivity contribution in [3.8, 4) is 0 Å². The van der Waals surface area contributed by atoms with E-state index in [0.717, 1.165) is 29.2 Å². The first kappa shape index (κ1) is 15.5. The van der Waals surface area contributed by atoms with Crippen LogP contribution in [0.5, 0.6) is 0 Å². The molecule has 0 aliphatic heterocycles. The van der Waals surface area contributed by atoms with Gasteiger partial charge in [0.15, 0.2) is 0 Å². The molecule has 2 aromatic rings. The smallest absolute Gasteiger partial charge is 0.311 e. The molecule has 0 heterocycles. The largest absolute Gasteiger partial charge is 0.469 e. The Morgan fingerprint density at radius 3 is 2.57 bits per heavy atom. The highest BCUT2D eigenvalue weighted by molar-refractivity contribution is 5.83. The average Bonchev–Trinajstić information content (AvgIpc) is 2.54. The van der Waals surface area contributed by atoms with Gasteiger partial charge in [-0.1, -0.05) is 56.2 Å². The molecule has 0 saturated carbocycles. The van der Waals surface area contributed by atoms with E-state index in [1.54, 1.807) is 0 Å². The second-order valence-corrected chi connectivity index (χ2v) is 5.32. The van der Waals surface area contributed by atoms with E-state index < -0.39 is 12.0 Å². The zero-order valence-corrected chi connectivity index (χ0v) is 12.6. The minimum absolute atomic E-state index is 0.343. The average molecular weight is 286 g/mol. The van der Waals surface area contributed by atoms with Crippen LogP contribution >= 0.6 is 0 Å². The van der Waals surface area contributed by atoms with Gasteiger partial charge in [-0.15, -0.1) is 0 Å². The Balaban J connectivity index is 2.28. The number of methoxy groups -OCH3 is 1. The van der Waals surface area contributed by atoms with E-state index >= 15 is 0 Å². The van der Waals surface area contributed by atoms with Crippen LogP contribution in [0.1, 0.15) is 37.9 Å². The molecule has 0 fully saturated rings. The predicted molar refractivity (Wildman–Crippen MR) is 83.9 cm³/mol. The number of rotatable bonds is 6. The van der Waals surface area contributed by atoms with Gasteiger partial charge in [0.05, 0.1) is 19.1 Å². The van der Waals surface area contributed by atoms with E-state index in [4.69, 9.17) is 4.74 Å². The van der Waals surface area contributed by atoms with Gasteiger partial charge in [0, 0.05) is 0 Å². The quantitative estimate of drug-likeness (QED) is 0.820. The van der Waals surface area contributed by atoms with E-state index in [-0.39, 0.29) is 5.97 Å². The Hall–Kier alpha value is -1.87. The summed E-state index contributed by atoms with van der Waals surface area (Å²) in [6.07, 6.45) is 1.69. The van der Waals surface area contributed by atoms with Crippen molar-refractivity contribution in [2.24, 2.45) is 5.92 Å². The summed E-state index contributed by atoms with van der Waals surface area (Å²) in [6.45, 7) is 2.07. The fraction of sp³-hybridized carbons (Fsp3) is 0.389. The minimum atomic E-state index is -0.825. The van der Waals surface area contributed by atoms with E-state index in [1.807, 2.05) is 42.5 Å². The van der Waals surface area contributed by atoms with Crippen LogP contribution in [0.25, 0.3) is 10.8 Å². The van der Waals surface area contributed by atoms with Crippen LogP contribution in [-0.4, -0.2) is 18.2 Å². The number of esters is 1. The molecule has 2 atom stereocenters. The summed E-state index contributed by atoms with van der Waals surface area (Å²) in [4.78, 5) is 11.9. The molecule has 112 valence electrons. The van der Waals surface area contributed by atoms with Crippen LogP contribution < -0.4 is 0 Å². The zero-order chi connectivity index (χ0) is 15.2. The van der Waals surface area contributed by atoms with Crippen molar-refractivity contribution < 1.29 is 14.6 Å². The monoisotopic (exact) mass is 286 g/mol. The van der Waals surface area contributed by atoms with E-state index in [0.29, 0.717) is 6.42 Å². The topological polar surface area (TPSA) is 46.5 Å². The molecule has 0 radical (unpaired) electrons. The van der Waals surface area contributed by atoms with Gasteiger partial charge in [-0.25, -0.2) is 0 Å². The van der Waals surface area contributed by atoms with Crippen molar-refractivity contribution in [1.29, 1.82) is 0 Å². The molecule has 3 heteroatoms. The van der Waals surface area contributed by atoms with E-state index in [2.05, 4.69) is 6.92 Å². The number of fused-ring (bicyclic) bond motifs is 1. The van der Waals surface area contributed by atoms with Crippen LogP contribution in [0.2, 0.25) is 0 Å². The summed E-state index contributed by atoms with van der Waals surface area (Å²) >= 11 is 0. The maximum absolute atomic E-state index is 11.9. The summed E-state index contributed by atoms with van der Waals surface area (Å²) in [5.41, 5.74) is 0.764. The Morgan fingerprint density at radius 2 is 1.90 bits per heavy atom. The zero-order valence-electron chi connectivity index (χ0n) is 12.6. The fourth-order valence-corrected chi connectivity index (χ4v) is 2.60. The van der Waals surface area contributed by atoms with Crippen LogP contribution in [0.15, 0.2) is 42.5 Å². The summed E-state index contributed by atoms with van der Waals surface area (Å²) in [7, 11) is 1.37. The number of carbonyl (C=O) groups is 1. The van der Waals surface area contributed by atoms with Crippen LogP contribution in [-0.2, 0) is 9.53 Å². The lowest BCUT2D eigenvalue weighted by Crippen LogP contribution is -2.23. The third-order valence-corrected chi connectivity index (χ3v) is 3.87. The molecule has 3 nitrogen and oxygen atoms in total. The van der Waals surface area contributed by atoms with Gasteiger partial charge in [0.1, 0.15) is 0 Å². The number of unbranched alkanes of at least 4 members (excludes halogenated alkanes) is 1. The standard InChI is InChI=1S/C18H22O3/c1-3-4-9-16(18(20)21-2)17(19)15-11-10-13-7-5-6-8-14(13)12-15/h5-8,10-12,16-17,19H,3-4,9H2,1-2H3. The highest BCUT2D eigenvalue weighted by Gasteiger charge is 2.28. The minimum Gasteiger partial charge on any atom is -0.469 e. The SMILES string of the molecule is CCCCC(C(=O)OC)C(O)c1ccc2ccccc2c1. The lowest BCUT2D eigenvalue weighted by Gasteiger charge is -2.21. The molecule has 2 rings (SSSR count). The van der Waals surface area contributed by atoms with Crippen molar-refractivity contribution in [1.82, 2.24) is 0 Å². The fourth-order valence-electron chi connectivity index (χ4n) is 2.60. The number of aliphatic hydroxyl groups is 1. The van der Waals surface area contributed by atoms with Crippen LogP contribution in [0.4, 0.5) is 0 Å². The van der Waals surface area contributed by atoms with Crippen LogP contribution in [0.3, 0.4) is 0 Å². The second-order valence-electron chi connectivity index (χ2n) is 5.32. The van der Waals surface area contributed by atoms with Gasteiger partial charge < -0.3 is 9.84 Å². The molecule has 2 aromatic carbocycles. The number of ether oxygens (including phenoxy) is 1. The third-order valence-electron chi connectivity index (χ3n) is 3.87. The molecular weight excluding hydrogens is 264 g/mol. The normalized spacial score (nSPS) is 13.9. The molecule has 1 N–H and O–H groups in total. The van der Waals surface area contributed by atoms with Gasteiger partial charge in [-0.05, 0) is 28.8 Å². The van der Waals surface area contributed by atoms with E-state index in [1.165, 1.54) is 7.11 Å². The van der Waals surface area contributed by atoms with E-state index in [9.17, 15) is 9.90 Å². The third kappa shape index (κ3) is 3.61. The number of aliphatic hydroxyl groups excluding tert-OH is 1. The van der Waals surface area contributed by atoms with Crippen molar-refractivity contribution in [3.05, 3.63) is 48.0 Å². The molecule has 21 heavy (non-hydrogen) atoms. The molecule has 0 spiro atoms. The number of hydrogen-bond donors (Lipinski definition) is 1. The summed E-state index contributed by atoms with van der Waals surface area (Å²) in [5.74, 6) is -0.847.